The van der Waals surface area contributed by atoms with Crippen molar-refractivity contribution in [3.05, 3.63) is 66.1 Å². The fraction of sp³-hybridized carbons (Fsp3) is 0.300. The summed E-state index contributed by atoms with van der Waals surface area (Å²) in [6.45, 7) is 2.82. The summed E-state index contributed by atoms with van der Waals surface area (Å²) in [5.41, 5.74) is 2.17. The Labute approximate surface area is 147 Å². The molecule has 1 atom stereocenters. The van der Waals surface area contributed by atoms with E-state index in [2.05, 4.69) is 27.2 Å². The monoisotopic (exact) mass is 335 g/mol. The van der Waals surface area contributed by atoms with Gasteiger partial charge < -0.3 is 9.15 Å². The lowest BCUT2D eigenvalue weighted by atomic mass is 10.1. The van der Waals surface area contributed by atoms with Crippen LogP contribution in [-0.2, 0) is 6.54 Å². The Morgan fingerprint density at radius 3 is 2.72 bits per heavy atom. The molecule has 0 bridgehead atoms. The molecule has 25 heavy (non-hydrogen) atoms. The summed E-state index contributed by atoms with van der Waals surface area (Å²) in [6.07, 6.45) is 1.03. The summed E-state index contributed by atoms with van der Waals surface area (Å²) in [5, 5.41) is 8.49. The Hall–Kier alpha value is -2.66. The van der Waals surface area contributed by atoms with Crippen molar-refractivity contribution in [3.8, 4) is 17.2 Å². The SMILES string of the molecule is COc1ccccc1CN1CC[C@H](c2nnc(-c3ccccc3)o2)C1. The van der Waals surface area contributed by atoms with Crippen molar-refractivity contribution in [1.29, 1.82) is 0 Å². The van der Waals surface area contributed by atoms with E-state index in [1.165, 1.54) is 5.56 Å². The number of nitrogens with zero attached hydrogens (tertiary/aromatic N) is 3. The van der Waals surface area contributed by atoms with Gasteiger partial charge in [-0.2, -0.15) is 0 Å². The Kier molecular flexibility index (Phi) is 4.48. The Morgan fingerprint density at radius 1 is 1.08 bits per heavy atom. The standard InChI is InChI=1S/C20H21N3O2/c1-24-18-10-6-5-9-16(18)13-23-12-11-17(14-23)20-22-21-19(25-20)15-7-3-2-4-8-15/h2-10,17H,11-14H2,1H3/t17-/m0/s1. The van der Waals surface area contributed by atoms with Crippen molar-refractivity contribution in [1.82, 2.24) is 15.1 Å². The number of benzene rings is 2. The average molecular weight is 335 g/mol. The molecule has 3 aromatic rings. The average Bonchev–Trinajstić information content (AvgIpc) is 3.32. The van der Waals surface area contributed by atoms with Gasteiger partial charge in [0.15, 0.2) is 0 Å². The topological polar surface area (TPSA) is 51.4 Å². The van der Waals surface area contributed by atoms with Crippen LogP contribution in [0.3, 0.4) is 0 Å². The summed E-state index contributed by atoms with van der Waals surface area (Å²) in [6, 6.07) is 18.1. The van der Waals surface area contributed by atoms with E-state index in [0.29, 0.717) is 11.8 Å². The maximum Gasteiger partial charge on any atom is 0.247 e. The van der Waals surface area contributed by atoms with Gasteiger partial charge in [0, 0.05) is 24.2 Å². The number of ether oxygens (including phenoxy) is 1. The largest absolute Gasteiger partial charge is 0.496 e. The predicted octanol–water partition coefficient (Wildman–Crippen LogP) is 3.73. The molecule has 2 heterocycles. The number of hydrogen-bond donors (Lipinski definition) is 0. The molecule has 0 amide bonds. The lowest BCUT2D eigenvalue weighted by Crippen LogP contribution is -2.20. The van der Waals surface area contributed by atoms with Gasteiger partial charge in [-0.3, -0.25) is 4.90 Å². The first-order valence-electron chi connectivity index (χ1n) is 8.56. The van der Waals surface area contributed by atoms with Gasteiger partial charge in [0.2, 0.25) is 11.8 Å². The molecule has 5 heteroatoms. The van der Waals surface area contributed by atoms with Crippen LogP contribution in [-0.4, -0.2) is 35.3 Å². The molecule has 0 unspecified atom stereocenters. The van der Waals surface area contributed by atoms with Crippen molar-refractivity contribution in [2.24, 2.45) is 0 Å². The van der Waals surface area contributed by atoms with Gasteiger partial charge in [0.25, 0.3) is 0 Å². The molecule has 0 radical (unpaired) electrons. The van der Waals surface area contributed by atoms with E-state index in [0.717, 1.165) is 43.3 Å². The molecule has 0 saturated carbocycles. The molecule has 128 valence electrons. The van der Waals surface area contributed by atoms with Crippen LogP contribution in [0.25, 0.3) is 11.5 Å². The van der Waals surface area contributed by atoms with Crippen molar-refractivity contribution in [2.45, 2.75) is 18.9 Å². The second-order valence-corrected chi connectivity index (χ2v) is 6.34. The minimum atomic E-state index is 0.291. The van der Waals surface area contributed by atoms with E-state index < -0.39 is 0 Å². The first-order chi connectivity index (χ1) is 12.3. The molecule has 1 aromatic heterocycles. The molecule has 2 aromatic carbocycles. The summed E-state index contributed by atoms with van der Waals surface area (Å²) >= 11 is 0. The number of methoxy groups -OCH3 is 1. The van der Waals surface area contributed by atoms with Gasteiger partial charge in [0.1, 0.15) is 5.75 Å². The third-order valence-corrected chi connectivity index (χ3v) is 4.67. The number of likely N-dealkylation sites (tertiary alicyclic amines) is 1. The smallest absolute Gasteiger partial charge is 0.247 e. The molecule has 1 fully saturated rings. The van der Waals surface area contributed by atoms with Crippen LogP contribution < -0.4 is 4.74 Å². The van der Waals surface area contributed by atoms with E-state index in [9.17, 15) is 0 Å². The maximum atomic E-state index is 5.92. The second kappa shape index (κ2) is 7.07. The fourth-order valence-corrected chi connectivity index (χ4v) is 3.35. The maximum absolute atomic E-state index is 5.92. The molecule has 1 aliphatic heterocycles. The molecule has 1 aliphatic rings. The normalized spacial score (nSPS) is 17.7. The summed E-state index contributed by atoms with van der Waals surface area (Å²) < 4.78 is 11.4. The van der Waals surface area contributed by atoms with E-state index in [1.807, 2.05) is 42.5 Å². The highest BCUT2D eigenvalue weighted by molar-refractivity contribution is 5.51. The quantitative estimate of drug-likeness (QED) is 0.711. The second-order valence-electron chi connectivity index (χ2n) is 6.34. The number of aromatic nitrogens is 2. The van der Waals surface area contributed by atoms with Gasteiger partial charge in [-0.15, -0.1) is 10.2 Å². The van der Waals surface area contributed by atoms with Crippen molar-refractivity contribution >= 4 is 0 Å². The number of hydrogen-bond acceptors (Lipinski definition) is 5. The minimum Gasteiger partial charge on any atom is -0.496 e. The Balaban J connectivity index is 1.43. The first kappa shape index (κ1) is 15.8. The fourth-order valence-electron chi connectivity index (χ4n) is 3.35. The number of para-hydroxylation sites is 1. The Morgan fingerprint density at radius 2 is 1.88 bits per heavy atom. The molecule has 4 rings (SSSR count). The highest BCUT2D eigenvalue weighted by Gasteiger charge is 2.28. The zero-order chi connectivity index (χ0) is 17.1. The van der Waals surface area contributed by atoms with E-state index >= 15 is 0 Å². The van der Waals surface area contributed by atoms with Gasteiger partial charge in [0.05, 0.1) is 13.0 Å². The van der Waals surface area contributed by atoms with Crippen LogP contribution in [0.2, 0.25) is 0 Å². The van der Waals surface area contributed by atoms with E-state index in [1.54, 1.807) is 7.11 Å². The van der Waals surface area contributed by atoms with Crippen molar-refractivity contribution in [2.75, 3.05) is 20.2 Å². The minimum absolute atomic E-state index is 0.291. The highest BCUT2D eigenvalue weighted by atomic mass is 16.5. The van der Waals surface area contributed by atoms with Crippen molar-refractivity contribution < 1.29 is 9.15 Å². The third-order valence-electron chi connectivity index (χ3n) is 4.67. The molecule has 0 aliphatic carbocycles. The van der Waals surface area contributed by atoms with Crippen LogP contribution in [0.4, 0.5) is 0 Å². The summed E-state index contributed by atoms with van der Waals surface area (Å²) in [7, 11) is 1.72. The zero-order valence-electron chi connectivity index (χ0n) is 14.3. The molecular formula is C20H21N3O2. The van der Waals surface area contributed by atoms with Gasteiger partial charge >= 0.3 is 0 Å². The van der Waals surface area contributed by atoms with Gasteiger partial charge in [-0.25, -0.2) is 0 Å². The van der Waals surface area contributed by atoms with Gasteiger partial charge in [-0.1, -0.05) is 36.4 Å². The van der Waals surface area contributed by atoms with Crippen LogP contribution in [0.5, 0.6) is 5.75 Å². The predicted molar refractivity (Wildman–Crippen MR) is 95.4 cm³/mol. The van der Waals surface area contributed by atoms with Crippen LogP contribution >= 0.6 is 0 Å². The van der Waals surface area contributed by atoms with E-state index in [4.69, 9.17) is 9.15 Å². The van der Waals surface area contributed by atoms with Crippen LogP contribution in [0, 0.1) is 0 Å². The summed E-state index contributed by atoms with van der Waals surface area (Å²) in [5.74, 6) is 2.56. The lowest BCUT2D eigenvalue weighted by Gasteiger charge is -2.17. The first-order valence-corrected chi connectivity index (χ1v) is 8.56. The number of rotatable bonds is 5. The molecule has 5 nitrogen and oxygen atoms in total. The summed E-state index contributed by atoms with van der Waals surface area (Å²) in [4.78, 5) is 2.41. The van der Waals surface area contributed by atoms with Crippen LogP contribution in [0.15, 0.2) is 59.0 Å². The van der Waals surface area contributed by atoms with Crippen LogP contribution in [0.1, 0.15) is 23.8 Å². The molecule has 0 N–H and O–H groups in total. The highest BCUT2D eigenvalue weighted by Crippen LogP contribution is 2.30. The molecular weight excluding hydrogens is 314 g/mol. The lowest BCUT2D eigenvalue weighted by molar-refractivity contribution is 0.311. The molecule has 1 saturated heterocycles. The Bertz CT molecular complexity index is 832. The molecule has 0 spiro atoms. The van der Waals surface area contributed by atoms with Crippen molar-refractivity contribution in [3.63, 3.8) is 0 Å². The van der Waals surface area contributed by atoms with Gasteiger partial charge in [-0.05, 0) is 31.2 Å². The zero-order valence-corrected chi connectivity index (χ0v) is 14.3. The third kappa shape index (κ3) is 3.42. The van der Waals surface area contributed by atoms with E-state index in [-0.39, 0.29) is 0 Å².